The van der Waals surface area contributed by atoms with Crippen molar-refractivity contribution < 1.29 is 19.8 Å². The quantitative estimate of drug-likeness (QED) is 0.727. The van der Waals surface area contributed by atoms with Crippen molar-refractivity contribution in [2.45, 2.75) is 31.4 Å². The van der Waals surface area contributed by atoms with Crippen LogP contribution in [0, 0.1) is 0 Å². The molecule has 1 amide bonds. The minimum Gasteiger partial charge on any atom is -0.479 e. The van der Waals surface area contributed by atoms with E-state index in [-0.39, 0.29) is 12.8 Å². The Labute approximate surface area is 116 Å². The van der Waals surface area contributed by atoms with Gasteiger partial charge in [-0.2, -0.15) is 0 Å². The Morgan fingerprint density at radius 3 is 2.50 bits per heavy atom. The number of carbonyl (C=O) groups excluding carboxylic acids is 1. The van der Waals surface area contributed by atoms with Crippen LogP contribution in [0.2, 0.25) is 0 Å². The number of aliphatic hydroxyl groups excluding tert-OH is 1. The van der Waals surface area contributed by atoms with Gasteiger partial charge in [0.05, 0.1) is 6.10 Å². The number of aliphatic hydroxyl groups is 1. The molecule has 5 heteroatoms. The van der Waals surface area contributed by atoms with Crippen LogP contribution in [-0.2, 0) is 4.79 Å². The molecule has 1 aliphatic rings. The van der Waals surface area contributed by atoms with Crippen LogP contribution in [0.4, 0.5) is 0 Å². The summed E-state index contributed by atoms with van der Waals surface area (Å²) in [6.07, 6.45) is 0.916. The van der Waals surface area contributed by atoms with Crippen molar-refractivity contribution in [1.82, 2.24) is 5.32 Å². The molecule has 1 aromatic rings. The Hall–Kier alpha value is -2.14. The van der Waals surface area contributed by atoms with E-state index in [4.69, 9.17) is 0 Å². The van der Waals surface area contributed by atoms with Crippen molar-refractivity contribution in [3.8, 4) is 0 Å². The smallest absolute Gasteiger partial charge is 0.332 e. The predicted molar refractivity (Wildman–Crippen MR) is 73.3 cm³/mol. The van der Waals surface area contributed by atoms with E-state index < -0.39 is 23.5 Å². The van der Waals surface area contributed by atoms with Gasteiger partial charge in [0.25, 0.3) is 5.91 Å². The molecule has 0 heterocycles. The number of amides is 1. The number of aliphatic carboxylic acids is 1. The van der Waals surface area contributed by atoms with Crippen LogP contribution in [0.25, 0.3) is 0 Å². The monoisotopic (exact) mass is 275 g/mol. The van der Waals surface area contributed by atoms with Gasteiger partial charge >= 0.3 is 5.97 Å². The number of carboxylic acid groups (broad SMARTS) is 1. The van der Waals surface area contributed by atoms with Gasteiger partial charge in [-0.15, -0.1) is 0 Å². The van der Waals surface area contributed by atoms with Crippen molar-refractivity contribution >= 4 is 11.9 Å². The lowest BCUT2D eigenvalue weighted by Crippen LogP contribution is -2.62. The number of nitrogens with one attached hydrogen (secondary N) is 1. The van der Waals surface area contributed by atoms with Gasteiger partial charge in [-0.05, 0) is 25.5 Å². The summed E-state index contributed by atoms with van der Waals surface area (Å²) in [6.45, 7) is 1.83. The molecule has 0 aromatic heterocycles. The fourth-order valence-corrected chi connectivity index (χ4v) is 2.32. The number of rotatable bonds is 3. The first-order valence-electron chi connectivity index (χ1n) is 6.40. The summed E-state index contributed by atoms with van der Waals surface area (Å²) in [5.74, 6) is -1.72. The van der Waals surface area contributed by atoms with Crippen LogP contribution in [0.15, 0.2) is 42.0 Å². The van der Waals surface area contributed by atoms with E-state index in [1.54, 1.807) is 36.4 Å². The van der Waals surface area contributed by atoms with Gasteiger partial charge in [0.2, 0.25) is 0 Å². The van der Waals surface area contributed by atoms with Gasteiger partial charge in [0.1, 0.15) is 0 Å². The number of benzene rings is 1. The minimum absolute atomic E-state index is 0.0773. The van der Waals surface area contributed by atoms with Crippen LogP contribution in [0.1, 0.15) is 30.1 Å². The molecule has 106 valence electrons. The van der Waals surface area contributed by atoms with Crippen molar-refractivity contribution in [3.63, 3.8) is 0 Å². The average molecular weight is 275 g/mol. The van der Waals surface area contributed by atoms with E-state index in [1.807, 2.05) is 6.92 Å². The van der Waals surface area contributed by atoms with Gasteiger partial charge in [0, 0.05) is 12.0 Å². The summed E-state index contributed by atoms with van der Waals surface area (Å²) in [6, 6.07) is 8.36. The zero-order chi connectivity index (χ0) is 14.8. The fourth-order valence-electron chi connectivity index (χ4n) is 2.32. The third kappa shape index (κ3) is 2.58. The Morgan fingerprint density at radius 1 is 1.30 bits per heavy atom. The van der Waals surface area contributed by atoms with E-state index in [0.29, 0.717) is 5.56 Å². The van der Waals surface area contributed by atoms with E-state index >= 15 is 0 Å². The number of carboxylic acids is 1. The zero-order valence-electron chi connectivity index (χ0n) is 11.2. The molecule has 5 nitrogen and oxygen atoms in total. The molecule has 2 rings (SSSR count). The second kappa shape index (κ2) is 5.46. The van der Waals surface area contributed by atoms with Crippen LogP contribution < -0.4 is 5.32 Å². The van der Waals surface area contributed by atoms with Gasteiger partial charge in [-0.25, -0.2) is 4.79 Å². The molecule has 0 bridgehead atoms. The SMILES string of the molecule is CC1=CC[C@@](NC(=O)c2ccccc2)(C(=O)O)[C@H](O)C1. The molecular formula is C15H17NO4. The summed E-state index contributed by atoms with van der Waals surface area (Å²) < 4.78 is 0. The topological polar surface area (TPSA) is 86.6 Å². The molecule has 0 aliphatic heterocycles. The van der Waals surface area contributed by atoms with Crippen molar-refractivity contribution in [2.24, 2.45) is 0 Å². The first kappa shape index (κ1) is 14.3. The van der Waals surface area contributed by atoms with Crippen molar-refractivity contribution in [3.05, 3.63) is 47.5 Å². The molecule has 0 radical (unpaired) electrons. The van der Waals surface area contributed by atoms with Crippen LogP contribution >= 0.6 is 0 Å². The lowest BCUT2D eigenvalue weighted by molar-refractivity contribution is -0.150. The van der Waals surface area contributed by atoms with Crippen LogP contribution in [-0.4, -0.2) is 33.7 Å². The van der Waals surface area contributed by atoms with Crippen molar-refractivity contribution in [2.75, 3.05) is 0 Å². The van der Waals surface area contributed by atoms with E-state index in [2.05, 4.69) is 5.32 Å². The van der Waals surface area contributed by atoms with E-state index in [0.717, 1.165) is 5.57 Å². The molecule has 20 heavy (non-hydrogen) atoms. The van der Waals surface area contributed by atoms with Crippen molar-refractivity contribution in [1.29, 1.82) is 0 Å². The lowest BCUT2D eigenvalue weighted by atomic mass is 9.80. The summed E-state index contributed by atoms with van der Waals surface area (Å²) >= 11 is 0. The van der Waals surface area contributed by atoms with E-state index in [9.17, 15) is 19.8 Å². The summed E-state index contributed by atoms with van der Waals surface area (Å²) in [5, 5.41) is 22.0. The van der Waals surface area contributed by atoms with Crippen LogP contribution in [0.3, 0.4) is 0 Å². The predicted octanol–water partition coefficient (Wildman–Crippen LogP) is 1.34. The number of carbonyl (C=O) groups is 2. The Bertz CT molecular complexity index is 552. The van der Waals surface area contributed by atoms with E-state index in [1.165, 1.54) is 0 Å². The highest BCUT2D eigenvalue weighted by molar-refractivity contribution is 5.98. The Balaban J connectivity index is 2.27. The summed E-state index contributed by atoms with van der Waals surface area (Å²) in [4.78, 5) is 23.7. The fraction of sp³-hybridized carbons (Fsp3) is 0.333. The second-order valence-corrected chi connectivity index (χ2v) is 5.07. The highest BCUT2D eigenvalue weighted by atomic mass is 16.4. The molecule has 0 unspecified atom stereocenters. The zero-order valence-corrected chi connectivity index (χ0v) is 11.2. The third-order valence-electron chi connectivity index (χ3n) is 3.61. The summed E-state index contributed by atoms with van der Waals surface area (Å²) in [5.41, 5.74) is -0.373. The molecule has 0 saturated carbocycles. The minimum atomic E-state index is -1.66. The Morgan fingerprint density at radius 2 is 1.95 bits per heavy atom. The lowest BCUT2D eigenvalue weighted by Gasteiger charge is -2.37. The molecular weight excluding hydrogens is 258 g/mol. The van der Waals surface area contributed by atoms with Gasteiger partial charge in [-0.3, -0.25) is 4.79 Å². The first-order chi connectivity index (χ1) is 9.45. The highest BCUT2D eigenvalue weighted by Gasteiger charge is 2.47. The molecule has 1 aromatic carbocycles. The normalized spacial score (nSPS) is 25.7. The maximum absolute atomic E-state index is 12.1. The summed E-state index contributed by atoms with van der Waals surface area (Å²) in [7, 11) is 0. The second-order valence-electron chi connectivity index (χ2n) is 5.07. The highest BCUT2D eigenvalue weighted by Crippen LogP contribution is 2.28. The van der Waals surface area contributed by atoms with Crippen LogP contribution in [0.5, 0.6) is 0 Å². The number of hydrogen-bond acceptors (Lipinski definition) is 3. The first-order valence-corrected chi connectivity index (χ1v) is 6.40. The van der Waals surface area contributed by atoms with Gasteiger partial charge in [0.15, 0.2) is 5.54 Å². The molecule has 0 saturated heterocycles. The molecule has 0 fully saturated rings. The maximum atomic E-state index is 12.1. The molecule has 2 atom stereocenters. The van der Waals surface area contributed by atoms with Gasteiger partial charge < -0.3 is 15.5 Å². The maximum Gasteiger partial charge on any atom is 0.332 e. The number of hydrogen-bond donors (Lipinski definition) is 3. The molecule has 1 aliphatic carbocycles. The largest absolute Gasteiger partial charge is 0.479 e. The molecule has 0 spiro atoms. The Kier molecular flexibility index (Phi) is 3.90. The van der Waals surface area contributed by atoms with Gasteiger partial charge in [-0.1, -0.05) is 29.8 Å². The standard InChI is InChI=1S/C15H17NO4/c1-10-7-8-15(14(19)20,12(17)9-10)16-13(18)11-5-3-2-4-6-11/h2-7,12,17H,8-9H2,1H3,(H,16,18)(H,19,20)/t12-,15+/m1/s1. The average Bonchev–Trinajstić information content (AvgIpc) is 2.42. The third-order valence-corrected chi connectivity index (χ3v) is 3.61. The molecule has 3 N–H and O–H groups in total.